The number of carbonyl (C=O) groups excluding carboxylic acids is 1. The first kappa shape index (κ1) is 14.0. The number of methoxy groups -OCH3 is 1. The standard InChI is InChI=1S/C12H8F4N2O2/c1-20-11(19)7-3-2-6(4-8(7)13)10-17-5-9(18-10)12(14,15)16/h2-5H,1H3,(H,17,18). The predicted molar refractivity (Wildman–Crippen MR) is 60.3 cm³/mol. The molecule has 0 aliphatic heterocycles. The van der Waals surface area contributed by atoms with Crippen LogP contribution in [-0.2, 0) is 10.9 Å². The van der Waals surface area contributed by atoms with Gasteiger partial charge in [-0.1, -0.05) is 6.07 Å². The van der Waals surface area contributed by atoms with Crippen molar-refractivity contribution in [1.82, 2.24) is 9.97 Å². The molecule has 0 radical (unpaired) electrons. The fraction of sp³-hybridized carbons (Fsp3) is 0.167. The van der Waals surface area contributed by atoms with Gasteiger partial charge in [0.25, 0.3) is 0 Å². The summed E-state index contributed by atoms with van der Waals surface area (Å²) in [5.41, 5.74) is -1.32. The summed E-state index contributed by atoms with van der Waals surface area (Å²) >= 11 is 0. The number of nitrogens with zero attached hydrogens (tertiary/aromatic N) is 1. The molecular weight excluding hydrogens is 280 g/mol. The van der Waals surface area contributed by atoms with Gasteiger partial charge in [-0.2, -0.15) is 13.2 Å². The van der Waals surface area contributed by atoms with Gasteiger partial charge in [0.2, 0.25) is 0 Å². The summed E-state index contributed by atoms with van der Waals surface area (Å²) in [5.74, 6) is -1.92. The molecule has 1 aromatic heterocycles. The number of benzene rings is 1. The Morgan fingerprint density at radius 3 is 2.55 bits per heavy atom. The number of hydrogen-bond donors (Lipinski definition) is 1. The van der Waals surface area contributed by atoms with Crippen molar-refractivity contribution in [2.75, 3.05) is 7.11 Å². The number of H-pyrrole nitrogens is 1. The quantitative estimate of drug-likeness (QED) is 0.682. The number of esters is 1. The van der Waals surface area contributed by atoms with E-state index >= 15 is 0 Å². The number of imidazole rings is 1. The van der Waals surface area contributed by atoms with Crippen LogP contribution >= 0.6 is 0 Å². The van der Waals surface area contributed by atoms with Crippen LogP contribution in [0.5, 0.6) is 0 Å². The number of halogens is 4. The second-order valence-electron chi connectivity index (χ2n) is 3.82. The highest BCUT2D eigenvalue weighted by molar-refractivity contribution is 5.90. The lowest BCUT2D eigenvalue weighted by Gasteiger charge is -2.03. The molecule has 106 valence electrons. The molecule has 0 unspecified atom stereocenters. The number of hydrogen-bond acceptors (Lipinski definition) is 3. The monoisotopic (exact) mass is 288 g/mol. The summed E-state index contributed by atoms with van der Waals surface area (Å²) in [6, 6.07) is 3.30. The average molecular weight is 288 g/mol. The normalized spacial score (nSPS) is 11.4. The molecule has 0 saturated heterocycles. The fourth-order valence-corrected chi connectivity index (χ4v) is 1.55. The van der Waals surface area contributed by atoms with E-state index in [9.17, 15) is 22.4 Å². The van der Waals surface area contributed by atoms with E-state index in [-0.39, 0.29) is 17.0 Å². The molecule has 8 heteroatoms. The van der Waals surface area contributed by atoms with Crippen molar-refractivity contribution in [3.8, 4) is 11.4 Å². The van der Waals surface area contributed by atoms with E-state index in [1.165, 1.54) is 6.07 Å². The Morgan fingerprint density at radius 2 is 2.05 bits per heavy atom. The van der Waals surface area contributed by atoms with Crippen LogP contribution < -0.4 is 0 Å². The zero-order valence-corrected chi connectivity index (χ0v) is 10.1. The van der Waals surface area contributed by atoms with Gasteiger partial charge < -0.3 is 9.72 Å². The van der Waals surface area contributed by atoms with E-state index in [1.807, 2.05) is 0 Å². The molecular formula is C12H8F4N2O2. The first-order valence-corrected chi connectivity index (χ1v) is 5.34. The summed E-state index contributed by atoms with van der Waals surface area (Å²) in [6.07, 6.45) is -3.90. The molecule has 20 heavy (non-hydrogen) atoms. The van der Waals surface area contributed by atoms with E-state index < -0.39 is 23.7 Å². The maximum atomic E-state index is 13.6. The lowest BCUT2D eigenvalue weighted by molar-refractivity contribution is -0.140. The summed E-state index contributed by atoms with van der Waals surface area (Å²) in [5, 5.41) is 0. The minimum atomic E-state index is -4.58. The van der Waals surface area contributed by atoms with Gasteiger partial charge in [-0.05, 0) is 12.1 Å². The lowest BCUT2D eigenvalue weighted by atomic mass is 10.1. The first-order valence-electron chi connectivity index (χ1n) is 5.34. The lowest BCUT2D eigenvalue weighted by Crippen LogP contribution is -2.05. The number of nitrogens with one attached hydrogen (secondary N) is 1. The largest absolute Gasteiger partial charge is 0.465 e. The topological polar surface area (TPSA) is 55.0 Å². The molecule has 1 N–H and O–H groups in total. The molecule has 0 bridgehead atoms. The highest BCUT2D eigenvalue weighted by atomic mass is 19.4. The van der Waals surface area contributed by atoms with Crippen LogP contribution in [0.1, 0.15) is 16.1 Å². The van der Waals surface area contributed by atoms with E-state index in [0.717, 1.165) is 19.2 Å². The van der Waals surface area contributed by atoms with Gasteiger partial charge in [0.15, 0.2) is 5.69 Å². The predicted octanol–water partition coefficient (Wildman–Crippen LogP) is 3.02. The number of rotatable bonds is 2. The minimum absolute atomic E-state index is 0.0886. The van der Waals surface area contributed by atoms with E-state index in [2.05, 4.69) is 14.7 Å². The SMILES string of the molecule is COC(=O)c1ccc(-c2nc(C(F)(F)F)c[nH]2)cc1F. The van der Waals surface area contributed by atoms with Crippen LogP contribution in [0.4, 0.5) is 17.6 Å². The van der Waals surface area contributed by atoms with Crippen LogP contribution in [-0.4, -0.2) is 23.0 Å². The molecule has 4 nitrogen and oxygen atoms in total. The Kier molecular flexibility index (Phi) is 3.47. The van der Waals surface area contributed by atoms with Crippen molar-refractivity contribution >= 4 is 5.97 Å². The molecule has 0 aliphatic carbocycles. The molecule has 0 spiro atoms. The smallest absolute Gasteiger partial charge is 0.434 e. The maximum absolute atomic E-state index is 13.6. The highest BCUT2D eigenvalue weighted by Crippen LogP contribution is 2.29. The van der Waals surface area contributed by atoms with E-state index in [4.69, 9.17) is 0 Å². The molecule has 2 rings (SSSR count). The maximum Gasteiger partial charge on any atom is 0.434 e. The summed E-state index contributed by atoms with van der Waals surface area (Å²) < 4.78 is 55.2. The van der Waals surface area contributed by atoms with Crippen LogP contribution in [0.25, 0.3) is 11.4 Å². The van der Waals surface area contributed by atoms with Crippen molar-refractivity contribution in [3.05, 3.63) is 41.5 Å². The number of aromatic amines is 1. The summed E-state index contributed by atoms with van der Waals surface area (Å²) in [6.45, 7) is 0. The van der Waals surface area contributed by atoms with Gasteiger partial charge in [0, 0.05) is 11.8 Å². The summed E-state index contributed by atoms with van der Waals surface area (Å²) in [7, 11) is 1.10. The third-order valence-electron chi connectivity index (χ3n) is 2.52. The Hall–Kier alpha value is -2.38. The molecule has 0 saturated carbocycles. The zero-order chi connectivity index (χ0) is 14.9. The van der Waals surface area contributed by atoms with E-state index in [1.54, 1.807) is 0 Å². The van der Waals surface area contributed by atoms with E-state index in [0.29, 0.717) is 6.20 Å². The third-order valence-corrected chi connectivity index (χ3v) is 2.52. The molecule has 2 aromatic rings. The van der Waals surface area contributed by atoms with Gasteiger partial charge in [-0.15, -0.1) is 0 Å². The molecule has 0 fully saturated rings. The van der Waals surface area contributed by atoms with Gasteiger partial charge in [-0.25, -0.2) is 14.2 Å². The first-order chi connectivity index (χ1) is 9.32. The van der Waals surface area contributed by atoms with Gasteiger partial charge >= 0.3 is 12.1 Å². The average Bonchev–Trinajstić information content (AvgIpc) is 2.87. The van der Waals surface area contributed by atoms with Crippen molar-refractivity contribution in [2.24, 2.45) is 0 Å². The van der Waals surface area contributed by atoms with Crippen LogP contribution in [0.15, 0.2) is 24.4 Å². The Morgan fingerprint density at radius 1 is 1.35 bits per heavy atom. The van der Waals surface area contributed by atoms with Crippen LogP contribution in [0.2, 0.25) is 0 Å². The number of aromatic nitrogens is 2. The molecule has 0 atom stereocenters. The van der Waals surface area contributed by atoms with Crippen LogP contribution in [0.3, 0.4) is 0 Å². The number of carbonyl (C=O) groups is 1. The molecule has 0 aliphatic rings. The minimum Gasteiger partial charge on any atom is -0.465 e. The zero-order valence-electron chi connectivity index (χ0n) is 10.1. The van der Waals surface area contributed by atoms with Crippen LogP contribution in [0, 0.1) is 5.82 Å². The molecule has 0 amide bonds. The second kappa shape index (κ2) is 4.95. The Bertz CT molecular complexity index is 649. The van der Waals surface area contributed by atoms with Crippen molar-refractivity contribution in [1.29, 1.82) is 0 Å². The van der Waals surface area contributed by atoms with Gasteiger partial charge in [0.1, 0.15) is 11.6 Å². The van der Waals surface area contributed by atoms with Gasteiger partial charge in [-0.3, -0.25) is 0 Å². The number of ether oxygens (including phenoxy) is 1. The third kappa shape index (κ3) is 2.63. The van der Waals surface area contributed by atoms with Crippen molar-refractivity contribution in [2.45, 2.75) is 6.18 Å². The molecule has 1 aromatic carbocycles. The second-order valence-corrected chi connectivity index (χ2v) is 3.82. The Labute approximate surface area is 110 Å². The fourth-order valence-electron chi connectivity index (χ4n) is 1.55. The molecule has 1 heterocycles. The number of alkyl halides is 3. The van der Waals surface area contributed by atoms with Crippen molar-refractivity contribution in [3.63, 3.8) is 0 Å². The van der Waals surface area contributed by atoms with Gasteiger partial charge in [0.05, 0.1) is 12.7 Å². The van der Waals surface area contributed by atoms with Crippen molar-refractivity contribution < 1.29 is 27.1 Å². The highest BCUT2D eigenvalue weighted by Gasteiger charge is 2.33. The Balaban J connectivity index is 2.37. The summed E-state index contributed by atoms with van der Waals surface area (Å²) in [4.78, 5) is 16.8.